The molecule has 0 radical (unpaired) electrons. The second kappa shape index (κ2) is 8.87. The number of carboxylic acids is 1. The van der Waals surface area contributed by atoms with E-state index in [0.29, 0.717) is 19.4 Å². The van der Waals surface area contributed by atoms with Crippen LogP contribution in [-0.2, 0) is 9.59 Å². The van der Waals surface area contributed by atoms with Crippen molar-refractivity contribution < 1.29 is 14.7 Å². The average molecular weight is 273 g/mol. The molecule has 1 unspecified atom stereocenters. The zero-order valence-corrected chi connectivity index (χ0v) is 12.2. The molecule has 1 amide bonds. The van der Waals surface area contributed by atoms with Crippen molar-refractivity contribution in [1.29, 1.82) is 0 Å². The SMILES string of the molecule is CCN(CC)CCNC(C)(CCCC(=O)O)C(N)=O. The first-order valence-electron chi connectivity index (χ1n) is 6.84. The summed E-state index contributed by atoms with van der Waals surface area (Å²) in [6.45, 7) is 9.34. The first kappa shape index (κ1) is 17.9. The number of primary amides is 1. The summed E-state index contributed by atoms with van der Waals surface area (Å²) in [5, 5.41) is 11.8. The summed E-state index contributed by atoms with van der Waals surface area (Å²) >= 11 is 0. The quantitative estimate of drug-likeness (QED) is 0.507. The van der Waals surface area contributed by atoms with Gasteiger partial charge in [-0.05, 0) is 32.9 Å². The molecule has 4 N–H and O–H groups in total. The van der Waals surface area contributed by atoms with Gasteiger partial charge in [-0.2, -0.15) is 0 Å². The van der Waals surface area contributed by atoms with Gasteiger partial charge >= 0.3 is 5.97 Å². The van der Waals surface area contributed by atoms with Gasteiger partial charge in [0, 0.05) is 19.5 Å². The molecule has 6 nitrogen and oxygen atoms in total. The molecule has 1 atom stereocenters. The first-order chi connectivity index (χ1) is 8.85. The second-order valence-corrected chi connectivity index (χ2v) is 4.90. The molecule has 0 aliphatic rings. The third kappa shape index (κ3) is 7.12. The fourth-order valence-corrected chi connectivity index (χ4v) is 1.92. The van der Waals surface area contributed by atoms with Gasteiger partial charge < -0.3 is 21.1 Å². The van der Waals surface area contributed by atoms with Gasteiger partial charge in [0.1, 0.15) is 0 Å². The Morgan fingerprint density at radius 1 is 1.32 bits per heavy atom. The Morgan fingerprint density at radius 3 is 2.32 bits per heavy atom. The number of carboxylic acid groups (broad SMARTS) is 1. The first-order valence-corrected chi connectivity index (χ1v) is 6.84. The highest BCUT2D eigenvalue weighted by Gasteiger charge is 2.29. The third-order valence-corrected chi connectivity index (χ3v) is 3.45. The van der Waals surface area contributed by atoms with E-state index in [0.717, 1.165) is 19.6 Å². The van der Waals surface area contributed by atoms with Crippen molar-refractivity contribution in [2.75, 3.05) is 26.2 Å². The van der Waals surface area contributed by atoms with E-state index in [9.17, 15) is 9.59 Å². The minimum absolute atomic E-state index is 0.0561. The molecule has 0 aliphatic heterocycles. The zero-order valence-electron chi connectivity index (χ0n) is 12.2. The Balaban J connectivity index is 4.22. The van der Waals surface area contributed by atoms with Gasteiger partial charge in [-0.1, -0.05) is 13.8 Å². The normalized spacial score (nSPS) is 14.3. The van der Waals surface area contributed by atoms with Crippen molar-refractivity contribution in [3.8, 4) is 0 Å². The second-order valence-electron chi connectivity index (χ2n) is 4.90. The Morgan fingerprint density at radius 2 is 1.89 bits per heavy atom. The van der Waals surface area contributed by atoms with Gasteiger partial charge in [0.05, 0.1) is 5.54 Å². The maximum Gasteiger partial charge on any atom is 0.303 e. The minimum Gasteiger partial charge on any atom is -0.481 e. The number of carbonyl (C=O) groups is 2. The lowest BCUT2D eigenvalue weighted by Crippen LogP contribution is -2.54. The van der Waals surface area contributed by atoms with Gasteiger partial charge in [-0.15, -0.1) is 0 Å². The molecule has 0 fully saturated rings. The minimum atomic E-state index is -0.852. The lowest BCUT2D eigenvalue weighted by Gasteiger charge is -2.29. The Labute approximate surface area is 115 Å². The number of hydrogen-bond donors (Lipinski definition) is 3. The van der Waals surface area contributed by atoms with E-state index in [1.165, 1.54) is 0 Å². The largest absolute Gasteiger partial charge is 0.481 e. The summed E-state index contributed by atoms with van der Waals surface area (Å²) in [6.07, 6.45) is 0.931. The summed E-state index contributed by atoms with van der Waals surface area (Å²) in [6, 6.07) is 0. The van der Waals surface area contributed by atoms with E-state index in [1.54, 1.807) is 6.92 Å². The summed E-state index contributed by atoms with van der Waals surface area (Å²) in [4.78, 5) is 24.2. The Kier molecular flexibility index (Phi) is 8.34. The highest BCUT2D eigenvalue weighted by atomic mass is 16.4. The van der Waals surface area contributed by atoms with Crippen molar-refractivity contribution >= 4 is 11.9 Å². The molecule has 0 heterocycles. The number of carbonyl (C=O) groups excluding carboxylic acids is 1. The topological polar surface area (TPSA) is 95.7 Å². The average Bonchev–Trinajstić information content (AvgIpc) is 2.34. The van der Waals surface area contributed by atoms with Crippen LogP contribution in [0, 0.1) is 0 Å². The monoisotopic (exact) mass is 273 g/mol. The molecule has 0 saturated heterocycles. The predicted octanol–water partition coefficient (Wildman–Crippen LogP) is 0.417. The summed E-state index contributed by atoms with van der Waals surface area (Å²) in [7, 11) is 0. The van der Waals surface area contributed by atoms with E-state index < -0.39 is 17.4 Å². The third-order valence-electron chi connectivity index (χ3n) is 3.45. The molecule has 0 aromatic rings. The maximum absolute atomic E-state index is 11.5. The summed E-state index contributed by atoms with van der Waals surface area (Å²) in [5.74, 6) is -1.28. The standard InChI is InChI=1S/C13H27N3O3/c1-4-16(5-2)10-9-15-13(3,12(14)19)8-6-7-11(17)18/h15H,4-10H2,1-3H3,(H2,14,19)(H,17,18). The van der Waals surface area contributed by atoms with Crippen molar-refractivity contribution in [2.45, 2.75) is 45.6 Å². The van der Waals surface area contributed by atoms with Gasteiger partial charge in [0.2, 0.25) is 5.91 Å². The number of likely N-dealkylation sites (N-methyl/N-ethyl adjacent to an activating group) is 1. The van der Waals surface area contributed by atoms with E-state index in [2.05, 4.69) is 24.1 Å². The maximum atomic E-state index is 11.5. The highest BCUT2D eigenvalue weighted by molar-refractivity contribution is 5.84. The van der Waals surface area contributed by atoms with Crippen LogP contribution in [0.5, 0.6) is 0 Å². The van der Waals surface area contributed by atoms with E-state index in [-0.39, 0.29) is 6.42 Å². The summed E-state index contributed by atoms with van der Waals surface area (Å²) < 4.78 is 0. The molecule has 19 heavy (non-hydrogen) atoms. The molecule has 0 aromatic carbocycles. The molecule has 0 spiro atoms. The highest BCUT2D eigenvalue weighted by Crippen LogP contribution is 2.13. The van der Waals surface area contributed by atoms with Crippen LogP contribution >= 0.6 is 0 Å². The van der Waals surface area contributed by atoms with Crippen LogP contribution in [0.4, 0.5) is 0 Å². The fourth-order valence-electron chi connectivity index (χ4n) is 1.92. The number of nitrogens with two attached hydrogens (primary N) is 1. The van der Waals surface area contributed by atoms with Crippen LogP contribution in [0.1, 0.15) is 40.0 Å². The fraction of sp³-hybridized carbons (Fsp3) is 0.846. The molecule has 112 valence electrons. The molecular formula is C13H27N3O3. The smallest absolute Gasteiger partial charge is 0.303 e. The van der Waals surface area contributed by atoms with Crippen LogP contribution in [0.15, 0.2) is 0 Å². The molecule has 6 heteroatoms. The van der Waals surface area contributed by atoms with Crippen molar-refractivity contribution in [3.63, 3.8) is 0 Å². The van der Waals surface area contributed by atoms with Crippen LogP contribution in [0.3, 0.4) is 0 Å². The molecular weight excluding hydrogens is 246 g/mol. The Hall–Kier alpha value is -1.14. The van der Waals surface area contributed by atoms with Crippen molar-refractivity contribution in [1.82, 2.24) is 10.2 Å². The van der Waals surface area contributed by atoms with Crippen LogP contribution in [0.2, 0.25) is 0 Å². The predicted molar refractivity (Wildman–Crippen MR) is 74.9 cm³/mol. The van der Waals surface area contributed by atoms with E-state index >= 15 is 0 Å². The van der Waals surface area contributed by atoms with Crippen molar-refractivity contribution in [2.24, 2.45) is 5.73 Å². The van der Waals surface area contributed by atoms with Gasteiger partial charge in [0.15, 0.2) is 0 Å². The van der Waals surface area contributed by atoms with Crippen LogP contribution < -0.4 is 11.1 Å². The zero-order chi connectivity index (χ0) is 14.9. The number of nitrogens with one attached hydrogen (secondary N) is 1. The molecule has 0 aromatic heterocycles. The van der Waals surface area contributed by atoms with Crippen LogP contribution in [-0.4, -0.2) is 53.6 Å². The Bertz CT molecular complexity index is 293. The molecule has 0 rings (SSSR count). The van der Waals surface area contributed by atoms with Gasteiger partial charge in [-0.25, -0.2) is 0 Å². The number of nitrogens with zero attached hydrogens (tertiary/aromatic N) is 1. The number of hydrogen-bond acceptors (Lipinski definition) is 4. The number of aliphatic carboxylic acids is 1. The van der Waals surface area contributed by atoms with Crippen molar-refractivity contribution in [3.05, 3.63) is 0 Å². The van der Waals surface area contributed by atoms with Gasteiger partial charge in [-0.3, -0.25) is 9.59 Å². The molecule has 0 aliphatic carbocycles. The number of rotatable bonds is 11. The van der Waals surface area contributed by atoms with Gasteiger partial charge in [0.25, 0.3) is 0 Å². The molecule has 0 saturated carbocycles. The van der Waals surface area contributed by atoms with E-state index in [1.807, 2.05) is 0 Å². The lowest BCUT2D eigenvalue weighted by molar-refractivity contribution is -0.137. The number of amides is 1. The summed E-state index contributed by atoms with van der Waals surface area (Å²) in [5.41, 5.74) is 4.58. The van der Waals surface area contributed by atoms with Crippen LogP contribution in [0.25, 0.3) is 0 Å². The molecule has 0 bridgehead atoms. The lowest BCUT2D eigenvalue weighted by atomic mass is 9.94. The van der Waals surface area contributed by atoms with E-state index in [4.69, 9.17) is 10.8 Å².